The summed E-state index contributed by atoms with van der Waals surface area (Å²) in [6.45, 7) is 5.70. The first-order valence-corrected chi connectivity index (χ1v) is 13.8. The minimum Gasteiger partial charge on any atom is -0.369 e. The molecule has 11 heteroatoms. The summed E-state index contributed by atoms with van der Waals surface area (Å²) in [6.07, 6.45) is 9.18. The van der Waals surface area contributed by atoms with E-state index >= 15 is 0 Å². The lowest BCUT2D eigenvalue weighted by Gasteiger charge is -2.23. The highest BCUT2D eigenvalue weighted by molar-refractivity contribution is 5.92. The number of carbonyl (C=O) groups excluding carboxylic acids is 2. The van der Waals surface area contributed by atoms with E-state index in [9.17, 15) is 9.59 Å². The van der Waals surface area contributed by atoms with Crippen molar-refractivity contribution >= 4 is 40.2 Å². The van der Waals surface area contributed by atoms with Gasteiger partial charge in [-0.1, -0.05) is 24.8 Å². The predicted molar refractivity (Wildman–Crippen MR) is 164 cm³/mol. The highest BCUT2D eigenvalue weighted by Gasteiger charge is 2.20. The molecular formula is C30H41N9O2. The van der Waals surface area contributed by atoms with Crippen LogP contribution in [0.25, 0.3) is 10.9 Å². The molecule has 0 bridgehead atoms. The molecule has 3 N–H and O–H groups in total. The second-order valence-corrected chi connectivity index (χ2v) is 10.1. The Hall–Kier alpha value is -4.43. The fraction of sp³-hybridized carbons (Fsp3) is 0.433. The van der Waals surface area contributed by atoms with Gasteiger partial charge in [-0.3, -0.25) is 14.3 Å². The summed E-state index contributed by atoms with van der Waals surface area (Å²) in [7, 11) is 7.38. The Bertz CT molecular complexity index is 1420. The van der Waals surface area contributed by atoms with Crippen LogP contribution in [0, 0.1) is 11.8 Å². The van der Waals surface area contributed by atoms with E-state index in [4.69, 9.17) is 0 Å². The van der Waals surface area contributed by atoms with Crippen LogP contribution in [-0.2, 0) is 16.6 Å². The van der Waals surface area contributed by atoms with Crippen molar-refractivity contribution in [2.45, 2.75) is 39.2 Å². The lowest BCUT2D eigenvalue weighted by atomic mass is 10.2. The minimum absolute atomic E-state index is 0.195. The number of aromatic nitrogens is 4. The lowest BCUT2D eigenvalue weighted by molar-refractivity contribution is -0.135. The van der Waals surface area contributed by atoms with Crippen LogP contribution >= 0.6 is 0 Å². The minimum atomic E-state index is -0.570. The van der Waals surface area contributed by atoms with Gasteiger partial charge in [0.15, 0.2) is 0 Å². The molecule has 0 unspecified atom stereocenters. The van der Waals surface area contributed by atoms with Crippen molar-refractivity contribution in [1.29, 1.82) is 0 Å². The van der Waals surface area contributed by atoms with Gasteiger partial charge in [-0.25, -0.2) is 4.98 Å². The zero-order valence-corrected chi connectivity index (χ0v) is 24.9. The van der Waals surface area contributed by atoms with Crippen LogP contribution in [0.3, 0.4) is 0 Å². The number of anilines is 3. The van der Waals surface area contributed by atoms with Crippen LogP contribution in [0.1, 0.15) is 38.7 Å². The van der Waals surface area contributed by atoms with E-state index in [1.165, 1.54) is 11.0 Å². The number of hydrogen-bond donors (Lipinski definition) is 3. The molecule has 11 nitrogen and oxygen atoms in total. The van der Waals surface area contributed by atoms with Gasteiger partial charge in [0.05, 0.1) is 17.3 Å². The fourth-order valence-corrected chi connectivity index (χ4v) is 3.80. The molecule has 218 valence electrons. The summed E-state index contributed by atoms with van der Waals surface area (Å²) in [6, 6.07) is 5.37. The van der Waals surface area contributed by atoms with Gasteiger partial charge in [0, 0.05) is 63.5 Å². The Kier molecular flexibility index (Phi) is 11.7. The van der Waals surface area contributed by atoms with E-state index in [0.717, 1.165) is 29.6 Å². The van der Waals surface area contributed by atoms with E-state index in [2.05, 4.69) is 49.8 Å². The first-order chi connectivity index (χ1) is 19.7. The maximum atomic E-state index is 12.5. The van der Waals surface area contributed by atoms with Gasteiger partial charge in [0.25, 0.3) is 0 Å². The Morgan fingerprint density at radius 1 is 1.20 bits per heavy atom. The number of likely N-dealkylation sites (N-methyl/N-ethyl adjacent to an activating group) is 2. The quantitative estimate of drug-likeness (QED) is 0.166. The smallest absolute Gasteiger partial charge is 0.246 e. The first-order valence-electron chi connectivity index (χ1n) is 13.8. The zero-order valence-electron chi connectivity index (χ0n) is 24.9. The van der Waals surface area contributed by atoms with Gasteiger partial charge in [-0.2, -0.15) is 10.1 Å². The van der Waals surface area contributed by atoms with E-state index in [-0.39, 0.29) is 11.8 Å². The normalized spacial score (nSPS) is 11.8. The van der Waals surface area contributed by atoms with Gasteiger partial charge in [0.2, 0.25) is 17.8 Å². The van der Waals surface area contributed by atoms with Gasteiger partial charge in [-0.05, 0) is 52.1 Å². The number of carbonyl (C=O) groups is 2. The summed E-state index contributed by atoms with van der Waals surface area (Å²) < 4.78 is 1.79. The fourth-order valence-electron chi connectivity index (χ4n) is 3.80. The number of rotatable bonds is 13. The molecule has 0 aliphatic rings. The van der Waals surface area contributed by atoms with Crippen molar-refractivity contribution in [1.82, 2.24) is 34.9 Å². The van der Waals surface area contributed by atoms with Crippen LogP contribution < -0.4 is 16.0 Å². The second-order valence-electron chi connectivity index (χ2n) is 10.1. The number of nitrogens with zero attached hydrogens (tertiary/aromatic N) is 6. The maximum absolute atomic E-state index is 12.5. The molecule has 2 amide bonds. The average Bonchev–Trinajstić information content (AvgIpc) is 3.32. The van der Waals surface area contributed by atoms with Crippen molar-refractivity contribution in [3.05, 3.63) is 48.3 Å². The molecule has 2 heterocycles. The van der Waals surface area contributed by atoms with Crippen molar-refractivity contribution in [2.24, 2.45) is 7.05 Å². The van der Waals surface area contributed by atoms with Crippen LogP contribution in [0.2, 0.25) is 0 Å². The molecule has 3 aromatic rings. The molecule has 1 aromatic carbocycles. The third kappa shape index (κ3) is 9.61. The Labute approximate surface area is 242 Å². The summed E-state index contributed by atoms with van der Waals surface area (Å²) in [5.41, 5.74) is 2.46. The number of amides is 2. The maximum Gasteiger partial charge on any atom is 0.246 e. The molecule has 0 saturated heterocycles. The summed E-state index contributed by atoms with van der Waals surface area (Å²) >= 11 is 0. The number of fused-ring (bicyclic) bond motifs is 1. The molecule has 0 spiro atoms. The Morgan fingerprint density at radius 2 is 2.00 bits per heavy atom. The van der Waals surface area contributed by atoms with E-state index in [0.29, 0.717) is 43.3 Å². The van der Waals surface area contributed by atoms with Gasteiger partial charge >= 0.3 is 0 Å². The van der Waals surface area contributed by atoms with Crippen molar-refractivity contribution in [3.63, 3.8) is 0 Å². The Balaban J connectivity index is 1.52. The van der Waals surface area contributed by atoms with E-state index in [1.54, 1.807) is 30.9 Å². The monoisotopic (exact) mass is 559 g/mol. The molecule has 3 rings (SSSR count). The molecule has 0 aliphatic heterocycles. The number of unbranched alkanes of at least 4 members (excludes halogenated alkanes) is 1. The highest BCUT2D eigenvalue weighted by atomic mass is 16.2. The average molecular weight is 560 g/mol. The largest absolute Gasteiger partial charge is 0.369 e. The number of nitrogens with one attached hydrogen (secondary N) is 3. The summed E-state index contributed by atoms with van der Waals surface area (Å²) in [5.74, 6) is 7.06. The van der Waals surface area contributed by atoms with Crippen molar-refractivity contribution < 1.29 is 9.59 Å². The number of benzene rings is 1. The first kappa shape index (κ1) is 31.1. The molecule has 41 heavy (non-hydrogen) atoms. The topological polar surface area (TPSA) is 120 Å². The van der Waals surface area contributed by atoms with Crippen LogP contribution in [-0.4, -0.2) is 88.2 Å². The molecular weight excluding hydrogens is 518 g/mol. The molecule has 1 atom stereocenters. The second kappa shape index (κ2) is 15.4. The third-order valence-corrected chi connectivity index (χ3v) is 6.25. The van der Waals surface area contributed by atoms with Gasteiger partial charge in [-0.15, -0.1) is 0 Å². The third-order valence-electron chi connectivity index (χ3n) is 6.25. The van der Waals surface area contributed by atoms with Crippen molar-refractivity contribution in [2.75, 3.05) is 51.4 Å². The molecule has 0 radical (unpaired) electrons. The summed E-state index contributed by atoms with van der Waals surface area (Å²) in [4.78, 5) is 37.3. The van der Waals surface area contributed by atoms with Gasteiger partial charge < -0.3 is 25.8 Å². The van der Waals surface area contributed by atoms with Crippen molar-refractivity contribution in [3.8, 4) is 11.8 Å². The number of aryl methyl sites for hydroxylation is 1. The summed E-state index contributed by atoms with van der Waals surface area (Å²) in [5, 5.41) is 15.0. The molecule has 0 saturated carbocycles. The number of hydrogen-bond acceptors (Lipinski definition) is 8. The zero-order chi connectivity index (χ0) is 29.8. The van der Waals surface area contributed by atoms with Gasteiger partial charge in [0.1, 0.15) is 11.9 Å². The molecule has 0 aliphatic carbocycles. The Morgan fingerprint density at radius 3 is 2.76 bits per heavy atom. The van der Waals surface area contributed by atoms with Crippen LogP contribution in [0.15, 0.2) is 42.7 Å². The predicted octanol–water partition coefficient (Wildman–Crippen LogP) is 3.14. The van der Waals surface area contributed by atoms with E-state index < -0.39 is 6.04 Å². The van der Waals surface area contributed by atoms with Crippen LogP contribution in [0.5, 0.6) is 0 Å². The standard InChI is InChI=1S/C30H41N9O2/c1-7-16-31-28-23(20-33-30(35-28)34-25-15-14-24-21-38(5)36-26(24)19-25)12-9-8-10-17-32-29(41)22(2)39(6)27(40)13-11-18-37(3)4/h11,13-15,19-22H,7-8,10,16-18H2,1-6H3,(H,32,41)(H2,31,33,34,35)/t22-/m0/s1. The lowest BCUT2D eigenvalue weighted by Crippen LogP contribution is -2.45. The van der Waals surface area contributed by atoms with Crippen LogP contribution in [0.4, 0.5) is 17.5 Å². The molecule has 0 fully saturated rings. The SMILES string of the molecule is CCCNc1nc(Nc2ccc3cn(C)nc3c2)ncc1C#CCCCNC(=O)[C@H](C)N(C)C(=O)C=CCN(C)C. The van der Waals surface area contributed by atoms with E-state index in [1.807, 2.05) is 50.4 Å². The highest BCUT2D eigenvalue weighted by Crippen LogP contribution is 2.21. The molecule has 2 aromatic heterocycles.